The average Bonchev–Trinajstić information content (AvgIpc) is 2.83. The van der Waals surface area contributed by atoms with Crippen LogP contribution in [0.15, 0.2) is 16.5 Å². The maximum absolute atomic E-state index is 12.3. The third-order valence-electron chi connectivity index (χ3n) is 3.86. The lowest BCUT2D eigenvalue weighted by molar-refractivity contribution is -0.138. The Hall–Kier alpha value is -1.98. The zero-order chi connectivity index (χ0) is 15.4. The van der Waals surface area contributed by atoms with Crippen molar-refractivity contribution in [1.82, 2.24) is 9.80 Å². The lowest BCUT2D eigenvalue weighted by atomic mass is 9.94. The fraction of sp³-hybridized carbons (Fsp3) is 0.600. The van der Waals surface area contributed by atoms with E-state index < -0.39 is 5.97 Å². The van der Waals surface area contributed by atoms with Crippen molar-refractivity contribution < 1.29 is 19.1 Å². The summed E-state index contributed by atoms with van der Waals surface area (Å²) < 4.78 is 5.47. The van der Waals surface area contributed by atoms with Gasteiger partial charge in [-0.05, 0) is 37.8 Å². The number of likely N-dealkylation sites (tertiary alicyclic amines) is 1. The highest BCUT2D eigenvalue weighted by Gasteiger charge is 2.26. The monoisotopic (exact) mass is 294 g/mol. The molecule has 0 spiro atoms. The fourth-order valence-electron chi connectivity index (χ4n) is 2.69. The molecule has 116 valence electrons. The molecule has 1 aliphatic rings. The smallest absolute Gasteiger partial charge is 0.320 e. The second-order valence-corrected chi connectivity index (χ2v) is 5.68. The number of hydrogen-bond donors (Lipinski definition) is 1. The second-order valence-electron chi connectivity index (χ2n) is 5.68. The molecule has 1 fully saturated rings. The molecular weight excluding hydrogens is 272 g/mol. The van der Waals surface area contributed by atoms with Crippen LogP contribution >= 0.6 is 0 Å². The molecule has 0 atom stereocenters. The van der Waals surface area contributed by atoms with Crippen LogP contribution in [0.3, 0.4) is 0 Å². The van der Waals surface area contributed by atoms with Gasteiger partial charge in [0.2, 0.25) is 0 Å². The summed E-state index contributed by atoms with van der Waals surface area (Å²) in [6.07, 6.45) is 1.71. The van der Waals surface area contributed by atoms with Gasteiger partial charge in [0.05, 0.1) is 6.54 Å². The van der Waals surface area contributed by atoms with Crippen molar-refractivity contribution in [2.24, 2.45) is 5.92 Å². The van der Waals surface area contributed by atoms with Crippen molar-refractivity contribution in [3.8, 4) is 0 Å². The number of aryl methyl sites for hydroxylation is 1. The molecule has 0 bridgehead atoms. The highest BCUT2D eigenvalue weighted by Crippen LogP contribution is 2.21. The van der Waals surface area contributed by atoms with Gasteiger partial charge in [0, 0.05) is 26.6 Å². The van der Waals surface area contributed by atoms with Crippen LogP contribution in [0.4, 0.5) is 4.79 Å². The number of rotatable bonds is 4. The van der Waals surface area contributed by atoms with Gasteiger partial charge in [-0.15, -0.1) is 0 Å². The highest BCUT2D eigenvalue weighted by molar-refractivity contribution is 5.74. The molecule has 21 heavy (non-hydrogen) atoms. The van der Waals surface area contributed by atoms with E-state index >= 15 is 0 Å². The molecular formula is C15H22N2O4. The molecule has 2 amide bonds. The Morgan fingerprint density at radius 3 is 2.57 bits per heavy atom. The number of hydrogen-bond acceptors (Lipinski definition) is 3. The Morgan fingerprint density at radius 2 is 2.05 bits per heavy atom. The standard InChI is InChI=1S/C15H22N2O4/c1-11-3-4-13(21-11)10-16(2)15(20)17-7-5-12(6-8-17)9-14(18)19/h3-4,12H,5-10H2,1-2H3,(H,18,19). The van der Waals surface area contributed by atoms with E-state index in [0.717, 1.165) is 24.4 Å². The van der Waals surface area contributed by atoms with E-state index in [-0.39, 0.29) is 18.4 Å². The van der Waals surface area contributed by atoms with Crippen LogP contribution in [-0.2, 0) is 11.3 Å². The quantitative estimate of drug-likeness (QED) is 0.925. The first kappa shape index (κ1) is 15.4. The molecule has 0 aliphatic carbocycles. The summed E-state index contributed by atoms with van der Waals surface area (Å²) in [4.78, 5) is 26.4. The third-order valence-corrected chi connectivity index (χ3v) is 3.86. The molecule has 6 nitrogen and oxygen atoms in total. The van der Waals surface area contributed by atoms with E-state index in [1.54, 1.807) is 16.8 Å². The minimum atomic E-state index is -0.759. The van der Waals surface area contributed by atoms with Crippen LogP contribution in [0.1, 0.15) is 30.8 Å². The van der Waals surface area contributed by atoms with Crippen LogP contribution in [-0.4, -0.2) is 47.0 Å². The maximum atomic E-state index is 12.3. The van der Waals surface area contributed by atoms with E-state index in [4.69, 9.17) is 9.52 Å². The van der Waals surface area contributed by atoms with Gasteiger partial charge in [0.1, 0.15) is 11.5 Å². The largest absolute Gasteiger partial charge is 0.481 e. The summed E-state index contributed by atoms with van der Waals surface area (Å²) in [5.74, 6) is 1.03. The van der Waals surface area contributed by atoms with Gasteiger partial charge < -0.3 is 19.3 Å². The van der Waals surface area contributed by atoms with Gasteiger partial charge in [-0.2, -0.15) is 0 Å². The van der Waals surface area contributed by atoms with Crippen molar-refractivity contribution in [2.75, 3.05) is 20.1 Å². The highest BCUT2D eigenvalue weighted by atomic mass is 16.4. The molecule has 1 aromatic heterocycles. The number of carbonyl (C=O) groups excluding carboxylic acids is 1. The number of furan rings is 1. The van der Waals surface area contributed by atoms with Gasteiger partial charge in [-0.3, -0.25) is 4.79 Å². The summed E-state index contributed by atoms with van der Waals surface area (Å²) in [5, 5.41) is 8.80. The molecule has 0 aromatic carbocycles. The molecule has 2 rings (SSSR count). The van der Waals surface area contributed by atoms with Gasteiger partial charge in [0.15, 0.2) is 0 Å². The van der Waals surface area contributed by atoms with Crippen LogP contribution in [0, 0.1) is 12.8 Å². The topological polar surface area (TPSA) is 74.0 Å². The summed E-state index contributed by atoms with van der Waals surface area (Å²) in [6, 6.07) is 3.72. The van der Waals surface area contributed by atoms with Gasteiger partial charge in [-0.1, -0.05) is 0 Å². The predicted octanol–water partition coefficient (Wildman–Crippen LogP) is 2.33. The molecule has 0 unspecified atom stereocenters. The van der Waals surface area contributed by atoms with Crippen LogP contribution in [0.25, 0.3) is 0 Å². The number of piperidine rings is 1. The predicted molar refractivity (Wildman–Crippen MR) is 76.9 cm³/mol. The number of aliphatic carboxylic acids is 1. The Labute approximate surface area is 124 Å². The van der Waals surface area contributed by atoms with Gasteiger partial charge in [0.25, 0.3) is 0 Å². The third kappa shape index (κ3) is 4.24. The van der Waals surface area contributed by atoms with Crippen molar-refractivity contribution in [1.29, 1.82) is 0 Å². The van der Waals surface area contributed by atoms with E-state index in [0.29, 0.717) is 19.6 Å². The summed E-state index contributed by atoms with van der Waals surface area (Å²) >= 11 is 0. The molecule has 1 aromatic rings. The van der Waals surface area contributed by atoms with E-state index in [2.05, 4.69) is 0 Å². The Morgan fingerprint density at radius 1 is 1.38 bits per heavy atom. The molecule has 2 heterocycles. The lowest BCUT2D eigenvalue weighted by Gasteiger charge is -2.34. The Kier molecular flexibility index (Phi) is 4.88. The average molecular weight is 294 g/mol. The SMILES string of the molecule is Cc1ccc(CN(C)C(=O)N2CCC(CC(=O)O)CC2)o1. The zero-order valence-corrected chi connectivity index (χ0v) is 12.5. The van der Waals surface area contributed by atoms with Crippen molar-refractivity contribution >= 4 is 12.0 Å². The molecule has 0 radical (unpaired) electrons. The fourth-order valence-corrected chi connectivity index (χ4v) is 2.69. The zero-order valence-electron chi connectivity index (χ0n) is 12.5. The molecule has 0 saturated carbocycles. The van der Waals surface area contributed by atoms with Crippen LogP contribution in [0.5, 0.6) is 0 Å². The minimum Gasteiger partial charge on any atom is -0.481 e. The number of carboxylic acids is 1. The number of carbonyl (C=O) groups is 2. The van der Waals surface area contributed by atoms with E-state index in [1.165, 1.54) is 0 Å². The first-order chi connectivity index (χ1) is 9.95. The Bertz CT molecular complexity index is 504. The molecule has 1 aliphatic heterocycles. The maximum Gasteiger partial charge on any atom is 0.320 e. The number of urea groups is 1. The second kappa shape index (κ2) is 6.65. The molecule has 1 saturated heterocycles. The van der Waals surface area contributed by atoms with Crippen LogP contribution in [0.2, 0.25) is 0 Å². The first-order valence-corrected chi connectivity index (χ1v) is 7.23. The Balaban J connectivity index is 1.82. The summed E-state index contributed by atoms with van der Waals surface area (Å²) in [7, 11) is 1.75. The summed E-state index contributed by atoms with van der Waals surface area (Å²) in [6.45, 7) is 3.57. The normalized spacial score (nSPS) is 16.0. The minimum absolute atomic E-state index is 0.0298. The van der Waals surface area contributed by atoms with Gasteiger partial charge >= 0.3 is 12.0 Å². The number of amides is 2. The van der Waals surface area contributed by atoms with Crippen LogP contribution < -0.4 is 0 Å². The van der Waals surface area contributed by atoms with E-state index in [9.17, 15) is 9.59 Å². The molecule has 6 heteroatoms. The number of carboxylic acid groups (broad SMARTS) is 1. The van der Waals surface area contributed by atoms with Gasteiger partial charge in [-0.25, -0.2) is 4.79 Å². The van der Waals surface area contributed by atoms with Crippen molar-refractivity contribution in [3.05, 3.63) is 23.7 Å². The summed E-state index contributed by atoms with van der Waals surface area (Å²) in [5.41, 5.74) is 0. The van der Waals surface area contributed by atoms with E-state index in [1.807, 2.05) is 19.1 Å². The van der Waals surface area contributed by atoms with Crippen molar-refractivity contribution in [3.63, 3.8) is 0 Å². The first-order valence-electron chi connectivity index (χ1n) is 7.23. The molecule has 1 N–H and O–H groups in total. The van der Waals surface area contributed by atoms with Crippen molar-refractivity contribution in [2.45, 2.75) is 32.7 Å². The lowest BCUT2D eigenvalue weighted by Crippen LogP contribution is -2.45. The number of nitrogens with zero attached hydrogens (tertiary/aromatic N) is 2.